The van der Waals surface area contributed by atoms with Crippen LogP contribution in [0.25, 0.3) is 0 Å². The quantitative estimate of drug-likeness (QED) is 0.872. The average Bonchev–Trinajstić information content (AvgIpc) is 2.51. The molecule has 1 aromatic heterocycles. The lowest BCUT2D eigenvalue weighted by molar-refractivity contribution is 0.312. The number of hydrogen-bond donors (Lipinski definition) is 0. The molecular formula is C15H17ClN4O. The fraction of sp³-hybridized carbons (Fsp3) is 0.333. The Morgan fingerprint density at radius 2 is 1.76 bits per heavy atom. The van der Waals surface area contributed by atoms with E-state index in [1.807, 2.05) is 18.2 Å². The zero-order chi connectivity index (χ0) is 14.7. The van der Waals surface area contributed by atoms with Crippen LogP contribution in [0.1, 0.15) is 0 Å². The monoisotopic (exact) mass is 304 g/mol. The van der Waals surface area contributed by atoms with Gasteiger partial charge in [0, 0.05) is 37.3 Å². The van der Waals surface area contributed by atoms with E-state index in [2.05, 4.69) is 26.8 Å². The second-order valence-electron chi connectivity index (χ2n) is 5.06. The largest absolute Gasteiger partial charge is 0.439 e. The molecule has 2 heterocycles. The zero-order valence-corrected chi connectivity index (χ0v) is 12.6. The van der Waals surface area contributed by atoms with Crippen LogP contribution in [0.15, 0.2) is 36.7 Å². The first-order chi connectivity index (χ1) is 10.2. The molecule has 1 saturated heterocycles. The molecule has 1 aliphatic heterocycles. The molecular weight excluding hydrogens is 288 g/mol. The number of hydrogen-bond acceptors (Lipinski definition) is 5. The Morgan fingerprint density at radius 3 is 2.48 bits per heavy atom. The summed E-state index contributed by atoms with van der Waals surface area (Å²) in [5.74, 6) is 2.16. The molecule has 21 heavy (non-hydrogen) atoms. The molecule has 0 bridgehead atoms. The molecule has 0 atom stereocenters. The molecule has 0 saturated carbocycles. The van der Waals surface area contributed by atoms with E-state index < -0.39 is 0 Å². The van der Waals surface area contributed by atoms with E-state index in [0.29, 0.717) is 16.7 Å². The molecule has 5 nitrogen and oxygen atoms in total. The molecule has 110 valence electrons. The number of rotatable bonds is 3. The molecule has 3 rings (SSSR count). The topological polar surface area (TPSA) is 41.5 Å². The van der Waals surface area contributed by atoms with Gasteiger partial charge < -0.3 is 14.5 Å². The maximum absolute atomic E-state index is 5.86. The standard InChI is InChI=1S/C15H17ClN4O/c1-19-6-8-20(9-7-19)14-10-15(18-11-17-14)21-13-4-2-12(16)3-5-13/h2-5,10-11H,6-9H2,1H3. The summed E-state index contributed by atoms with van der Waals surface area (Å²) in [4.78, 5) is 13.1. The van der Waals surface area contributed by atoms with Crippen molar-refractivity contribution in [3.63, 3.8) is 0 Å². The lowest BCUT2D eigenvalue weighted by Gasteiger charge is -2.33. The van der Waals surface area contributed by atoms with Gasteiger partial charge in [0.1, 0.15) is 17.9 Å². The highest BCUT2D eigenvalue weighted by atomic mass is 35.5. The number of benzene rings is 1. The first-order valence-electron chi connectivity index (χ1n) is 6.90. The molecule has 0 amide bonds. The maximum Gasteiger partial charge on any atom is 0.224 e. The van der Waals surface area contributed by atoms with Crippen molar-refractivity contribution in [1.29, 1.82) is 0 Å². The Kier molecular flexibility index (Phi) is 4.22. The number of nitrogens with zero attached hydrogens (tertiary/aromatic N) is 4. The van der Waals surface area contributed by atoms with Gasteiger partial charge in [-0.25, -0.2) is 9.97 Å². The second kappa shape index (κ2) is 6.28. The summed E-state index contributed by atoms with van der Waals surface area (Å²) in [5.41, 5.74) is 0. The van der Waals surface area contributed by atoms with Gasteiger partial charge in [0.25, 0.3) is 0 Å². The molecule has 1 fully saturated rings. The molecule has 1 aromatic carbocycles. The first kappa shape index (κ1) is 14.1. The Balaban J connectivity index is 1.72. The van der Waals surface area contributed by atoms with Crippen LogP contribution in [0.2, 0.25) is 5.02 Å². The van der Waals surface area contributed by atoms with Crippen molar-refractivity contribution in [2.75, 3.05) is 38.1 Å². The van der Waals surface area contributed by atoms with Crippen LogP contribution in [-0.2, 0) is 0 Å². The third-order valence-corrected chi connectivity index (χ3v) is 3.74. The number of ether oxygens (including phenoxy) is 1. The highest BCUT2D eigenvalue weighted by molar-refractivity contribution is 6.30. The fourth-order valence-corrected chi connectivity index (χ4v) is 2.34. The van der Waals surface area contributed by atoms with Gasteiger partial charge in [-0.1, -0.05) is 11.6 Å². The Bertz CT molecular complexity index is 597. The lowest BCUT2D eigenvalue weighted by atomic mass is 10.3. The normalized spacial score (nSPS) is 16.0. The number of likely N-dealkylation sites (N-methyl/N-ethyl adjacent to an activating group) is 1. The van der Waals surface area contributed by atoms with E-state index >= 15 is 0 Å². The minimum Gasteiger partial charge on any atom is -0.439 e. The SMILES string of the molecule is CN1CCN(c2cc(Oc3ccc(Cl)cc3)ncn2)CC1. The van der Waals surface area contributed by atoms with Crippen LogP contribution in [-0.4, -0.2) is 48.1 Å². The van der Waals surface area contributed by atoms with Gasteiger partial charge in [0.2, 0.25) is 5.88 Å². The second-order valence-corrected chi connectivity index (χ2v) is 5.50. The molecule has 0 aliphatic carbocycles. The minimum absolute atomic E-state index is 0.543. The summed E-state index contributed by atoms with van der Waals surface area (Å²) >= 11 is 5.86. The predicted octanol–water partition coefficient (Wildman–Crippen LogP) is 2.67. The van der Waals surface area contributed by atoms with Crippen LogP contribution >= 0.6 is 11.6 Å². The van der Waals surface area contributed by atoms with Gasteiger partial charge in [-0.05, 0) is 31.3 Å². The fourth-order valence-electron chi connectivity index (χ4n) is 2.22. The first-order valence-corrected chi connectivity index (χ1v) is 7.27. The van der Waals surface area contributed by atoms with Crippen molar-refractivity contribution in [2.24, 2.45) is 0 Å². The van der Waals surface area contributed by atoms with Crippen molar-refractivity contribution in [3.05, 3.63) is 41.7 Å². The van der Waals surface area contributed by atoms with Gasteiger partial charge in [-0.2, -0.15) is 0 Å². The van der Waals surface area contributed by atoms with Crippen molar-refractivity contribution in [2.45, 2.75) is 0 Å². The number of aromatic nitrogens is 2. The zero-order valence-electron chi connectivity index (χ0n) is 11.9. The van der Waals surface area contributed by atoms with Crippen molar-refractivity contribution < 1.29 is 4.74 Å². The van der Waals surface area contributed by atoms with Gasteiger partial charge >= 0.3 is 0 Å². The smallest absolute Gasteiger partial charge is 0.224 e. The van der Waals surface area contributed by atoms with E-state index in [9.17, 15) is 0 Å². The van der Waals surface area contributed by atoms with Gasteiger partial charge in [0.05, 0.1) is 0 Å². The third kappa shape index (κ3) is 3.62. The number of halogens is 1. The van der Waals surface area contributed by atoms with E-state index in [-0.39, 0.29) is 0 Å². The Hall–Kier alpha value is -1.85. The minimum atomic E-state index is 0.543. The van der Waals surface area contributed by atoms with Crippen molar-refractivity contribution in [1.82, 2.24) is 14.9 Å². The molecule has 6 heteroatoms. The highest BCUT2D eigenvalue weighted by Crippen LogP contribution is 2.24. The van der Waals surface area contributed by atoms with Gasteiger partial charge in [0.15, 0.2) is 0 Å². The van der Waals surface area contributed by atoms with Crippen molar-refractivity contribution >= 4 is 17.4 Å². The number of anilines is 1. The summed E-state index contributed by atoms with van der Waals surface area (Å²) in [6.45, 7) is 4.01. The van der Waals surface area contributed by atoms with Gasteiger partial charge in [-0.3, -0.25) is 0 Å². The summed E-state index contributed by atoms with van der Waals surface area (Å²) < 4.78 is 5.74. The molecule has 0 radical (unpaired) electrons. The van der Waals surface area contributed by atoms with Crippen LogP contribution in [0.4, 0.5) is 5.82 Å². The highest BCUT2D eigenvalue weighted by Gasteiger charge is 2.16. The van der Waals surface area contributed by atoms with E-state index in [4.69, 9.17) is 16.3 Å². The van der Waals surface area contributed by atoms with Crippen molar-refractivity contribution in [3.8, 4) is 11.6 Å². The summed E-state index contributed by atoms with van der Waals surface area (Å²) in [6.07, 6.45) is 1.54. The van der Waals surface area contributed by atoms with Crippen LogP contribution in [0, 0.1) is 0 Å². The third-order valence-electron chi connectivity index (χ3n) is 3.49. The van der Waals surface area contributed by atoms with Gasteiger partial charge in [-0.15, -0.1) is 0 Å². The average molecular weight is 305 g/mol. The van der Waals surface area contributed by atoms with E-state index in [1.54, 1.807) is 18.5 Å². The van der Waals surface area contributed by atoms with Crippen LogP contribution < -0.4 is 9.64 Å². The lowest BCUT2D eigenvalue weighted by Crippen LogP contribution is -2.44. The predicted molar refractivity (Wildman–Crippen MR) is 83.3 cm³/mol. The summed E-state index contributed by atoms with van der Waals surface area (Å²) in [7, 11) is 2.13. The van der Waals surface area contributed by atoms with Crippen LogP contribution in [0.3, 0.4) is 0 Å². The molecule has 1 aliphatic rings. The molecule has 2 aromatic rings. The van der Waals surface area contributed by atoms with E-state index in [1.165, 1.54) is 0 Å². The maximum atomic E-state index is 5.86. The Labute approximate surface area is 129 Å². The molecule has 0 spiro atoms. The van der Waals surface area contributed by atoms with E-state index in [0.717, 1.165) is 32.0 Å². The summed E-state index contributed by atoms with van der Waals surface area (Å²) in [6, 6.07) is 9.10. The summed E-state index contributed by atoms with van der Waals surface area (Å²) in [5, 5.41) is 0.683. The van der Waals surface area contributed by atoms with Crippen LogP contribution in [0.5, 0.6) is 11.6 Å². The molecule has 0 N–H and O–H groups in total. The number of piperazine rings is 1. The Morgan fingerprint density at radius 1 is 1.05 bits per heavy atom. The molecule has 0 unspecified atom stereocenters.